The molecule has 0 rings (SSSR count). The van der Waals surface area contributed by atoms with Crippen molar-refractivity contribution in [2.24, 2.45) is 5.92 Å². The molecule has 0 aromatic rings. The molecule has 136 valence electrons. The molecule has 23 heavy (non-hydrogen) atoms. The fourth-order valence-electron chi connectivity index (χ4n) is 1.48. The van der Waals surface area contributed by atoms with Crippen LogP contribution in [0.25, 0.3) is 0 Å². The van der Waals surface area contributed by atoms with Crippen LogP contribution in [0.2, 0.25) is 0 Å². The molecule has 0 N–H and O–H groups in total. The van der Waals surface area contributed by atoms with Crippen molar-refractivity contribution >= 4 is 0 Å². The van der Waals surface area contributed by atoms with E-state index in [4.69, 9.17) is 18.9 Å². The van der Waals surface area contributed by atoms with Crippen LogP contribution in [0.15, 0.2) is 0 Å². The van der Waals surface area contributed by atoms with Crippen molar-refractivity contribution in [3.8, 4) is 11.8 Å². The minimum atomic E-state index is 0.448. The van der Waals surface area contributed by atoms with Crippen molar-refractivity contribution in [3.05, 3.63) is 0 Å². The van der Waals surface area contributed by atoms with Crippen molar-refractivity contribution < 1.29 is 18.9 Å². The number of rotatable bonds is 15. The first-order valence-corrected chi connectivity index (χ1v) is 8.68. The molecule has 5 heteroatoms. The van der Waals surface area contributed by atoms with Crippen LogP contribution in [0.4, 0.5) is 0 Å². The number of ether oxygens (including phenoxy) is 4. The molecule has 0 saturated carbocycles. The first-order valence-electron chi connectivity index (χ1n) is 8.68. The summed E-state index contributed by atoms with van der Waals surface area (Å²) < 4.78 is 21.7. The number of likely N-dealkylation sites (N-methyl/N-ethyl adjacent to an activating group) is 1. The molecule has 0 aliphatic carbocycles. The van der Waals surface area contributed by atoms with E-state index in [-0.39, 0.29) is 0 Å². The molecule has 0 bridgehead atoms. The summed E-state index contributed by atoms with van der Waals surface area (Å²) in [5.41, 5.74) is 0. The van der Waals surface area contributed by atoms with Gasteiger partial charge in [-0.25, -0.2) is 0 Å². The van der Waals surface area contributed by atoms with Crippen LogP contribution in [0.5, 0.6) is 0 Å². The minimum absolute atomic E-state index is 0.448. The Morgan fingerprint density at radius 1 is 0.826 bits per heavy atom. The van der Waals surface area contributed by atoms with Gasteiger partial charge in [-0.05, 0) is 20.0 Å². The fourth-order valence-corrected chi connectivity index (χ4v) is 1.48. The topological polar surface area (TPSA) is 40.2 Å². The van der Waals surface area contributed by atoms with E-state index in [0.29, 0.717) is 52.2 Å². The van der Waals surface area contributed by atoms with E-state index in [1.54, 1.807) is 0 Å². The monoisotopic (exact) mass is 329 g/mol. The summed E-state index contributed by atoms with van der Waals surface area (Å²) in [5, 5.41) is 0. The molecule has 0 aromatic heterocycles. The molecule has 0 saturated heterocycles. The van der Waals surface area contributed by atoms with E-state index < -0.39 is 0 Å². The number of hydrogen-bond donors (Lipinski definition) is 0. The highest BCUT2D eigenvalue weighted by Crippen LogP contribution is 1.95. The van der Waals surface area contributed by atoms with E-state index in [0.717, 1.165) is 26.1 Å². The molecule has 1 atom stereocenters. The summed E-state index contributed by atoms with van der Waals surface area (Å²) in [6.45, 7) is 13.2. The molecular weight excluding hydrogens is 294 g/mol. The molecule has 5 nitrogen and oxygen atoms in total. The van der Waals surface area contributed by atoms with E-state index in [2.05, 4.69) is 44.6 Å². The van der Waals surface area contributed by atoms with E-state index >= 15 is 0 Å². The van der Waals surface area contributed by atoms with Crippen LogP contribution in [0.1, 0.15) is 27.2 Å². The van der Waals surface area contributed by atoms with Gasteiger partial charge in [-0.2, -0.15) is 0 Å². The smallest absolute Gasteiger partial charge is 0.107 e. The minimum Gasteiger partial charge on any atom is -0.378 e. The van der Waals surface area contributed by atoms with Gasteiger partial charge in [0.1, 0.15) is 6.61 Å². The van der Waals surface area contributed by atoms with Gasteiger partial charge in [-0.3, -0.25) is 0 Å². The average molecular weight is 329 g/mol. The Kier molecular flexibility index (Phi) is 17.2. The quantitative estimate of drug-likeness (QED) is 0.340. The lowest BCUT2D eigenvalue weighted by atomic mass is 10.1. The molecule has 0 fully saturated rings. The van der Waals surface area contributed by atoms with Gasteiger partial charge in [0.05, 0.1) is 46.2 Å². The third kappa shape index (κ3) is 17.5. The maximum Gasteiger partial charge on any atom is 0.107 e. The molecule has 0 aromatic carbocycles. The Balaban J connectivity index is 3.12. The Morgan fingerprint density at radius 3 is 1.87 bits per heavy atom. The summed E-state index contributed by atoms with van der Waals surface area (Å²) in [7, 11) is 2.08. The number of nitrogens with zero attached hydrogens (tertiary/aromatic N) is 1. The molecule has 0 radical (unpaired) electrons. The second kappa shape index (κ2) is 17.7. The predicted octanol–water partition coefficient (Wildman–Crippen LogP) is 2.05. The third-order valence-corrected chi connectivity index (χ3v) is 3.41. The van der Waals surface area contributed by atoms with Crippen LogP contribution >= 0.6 is 0 Å². The zero-order valence-corrected chi connectivity index (χ0v) is 15.4. The van der Waals surface area contributed by atoms with Gasteiger partial charge in [0.25, 0.3) is 0 Å². The van der Waals surface area contributed by atoms with Gasteiger partial charge < -0.3 is 23.8 Å². The first-order chi connectivity index (χ1) is 11.2. The first kappa shape index (κ1) is 22.4. The van der Waals surface area contributed by atoms with Crippen molar-refractivity contribution in [2.45, 2.75) is 27.2 Å². The van der Waals surface area contributed by atoms with Gasteiger partial charge in [0.2, 0.25) is 0 Å². The lowest BCUT2D eigenvalue weighted by Crippen LogP contribution is -2.23. The van der Waals surface area contributed by atoms with E-state index in [1.165, 1.54) is 0 Å². The van der Waals surface area contributed by atoms with Crippen LogP contribution in [-0.4, -0.2) is 77.9 Å². The maximum absolute atomic E-state index is 5.47. The van der Waals surface area contributed by atoms with Crippen LogP contribution < -0.4 is 0 Å². The number of hydrogen-bond acceptors (Lipinski definition) is 5. The largest absolute Gasteiger partial charge is 0.378 e. The summed E-state index contributed by atoms with van der Waals surface area (Å²) in [5.74, 6) is 6.59. The Hall–Kier alpha value is -0.640. The summed E-state index contributed by atoms with van der Waals surface area (Å²) in [4.78, 5) is 2.22. The lowest BCUT2D eigenvalue weighted by molar-refractivity contribution is -0.000368. The van der Waals surface area contributed by atoms with Gasteiger partial charge in [0, 0.05) is 12.5 Å². The van der Waals surface area contributed by atoms with Crippen LogP contribution in [-0.2, 0) is 18.9 Å². The van der Waals surface area contributed by atoms with Crippen molar-refractivity contribution in [2.75, 3.05) is 73.0 Å². The van der Waals surface area contributed by atoms with E-state index in [9.17, 15) is 0 Å². The summed E-state index contributed by atoms with van der Waals surface area (Å²) >= 11 is 0. The highest BCUT2D eigenvalue weighted by Gasteiger charge is 1.95. The van der Waals surface area contributed by atoms with Gasteiger partial charge in [-0.15, -0.1) is 0 Å². The molecule has 0 aliphatic rings. The second-order valence-electron chi connectivity index (χ2n) is 5.42. The van der Waals surface area contributed by atoms with E-state index in [1.807, 2.05) is 0 Å². The van der Waals surface area contributed by atoms with Gasteiger partial charge in [-0.1, -0.05) is 32.6 Å². The SMILES string of the molecule is CCC(C)C#CCOCCOCCOCCOCCN(C)CC. The molecular formula is C18H35NO4. The molecule has 0 aliphatic heterocycles. The van der Waals surface area contributed by atoms with Gasteiger partial charge in [0.15, 0.2) is 0 Å². The zero-order chi connectivity index (χ0) is 17.2. The van der Waals surface area contributed by atoms with Gasteiger partial charge >= 0.3 is 0 Å². The Bertz CT molecular complexity index is 301. The average Bonchev–Trinajstić information content (AvgIpc) is 2.57. The Labute approximate surface area is 142 Å². The normalized spacial score (nSPS) is 12.2. The molecule has 0 amide bonds. The second-order valence-corrected chi connectivity index (χ2v) is 5.42. The predicted molar refractivity (Wildman–Crippen MR) is 93.7 cm³/mol. The van der Waals surface area contributed by atoms with Crippen LogP contribution in [0, 0.1) is 17.8 Å². The molecule has 1 unspecified atom stereocenters. The molecule has 0 spiro atoms. The molecule has 0 heterocycles. The summed E-state index contributed by atoms with van der Waals surface area (Å²) in [6, 6.07) is 0. The van der Waals surface area contributed by atoms with Crippen molar-refractivity contribution in [1.29, 1.82) is 0 Å². The summed E-state index contributed by atoms with van der Waals surface area (Å²) in [6.07, 6.45) is 1.08. The highest BCUT2D eigenvalue weighted by molar-refractivity contribution is 5.02. The standard InChI is InChI=1S/C18H35NO4/c1-5-18(3)8-7-10-20-12-14-22-16-17-23-15-13-21-11-9-19(4)6-2/h18H,5-6,9-17H2,1-4H3. The fraction of sp³-hybridized carbons (Fsp3) is 0.889. The Morgan fingerprint density at radius 2 is 1.35 bits per heavy atom. The highest BCUT2D eigenvalue weighted by atomic mass is 16.6. The maximum atomic E-state index is 5.47. The van der Waals surface area contributed by atoms with Crippen molar-refractivity contribution in [1.82, 2.24) is 4.90 Å². The van der Waals surface area contributed by atoms with Crippen LogP contribution in [0.3, 0.4) is 0 Å². The lowest BCUT2D eigenvalue weighted by Gasteiger charge is -2.13. The zero-order valence-electron chi connectivity index (χ0n) is 15.4. The van der Waals surface area contributed by atoms with Crippen molar-refractivity contribution in [3.63, 3.8) is 0 Å². The third-order valence-electron chi connectivity index (χ3n) is 3.41.